The Hall–Kier alpha value is -1.76. The topological polar surface area (TPSA) is 0 Å². The SMILES string of the molecule is CCC[CH2][Zr]([CH2]CCC)([CH]1C=Cc2c(-c3ccccc3)cccc21)([CH]1C(C)=Cc2ccccc21)[SiH](C)C. The van der Waals surface area contributed by atoms with E-state index in [1.807, 2.05) is 0 Å². The van der Waals surface area contributed by atoms with Crippen LogP contribution in [0, 0.1) is 0 Å². The first-order chi connectivity index (χ1) is 18.0. The van der Waals surface area contributed by atoms with E-state index < -0.39 is 23.9 Å². The Bertz CT molecular complexity index is 1310. The molecule has 0 aliphatic heterocycles. The predicted molar refractivity (Wildman–Crippen MR) is 165 cm³/mol. The zero-order valence-electron chi connectivity index (χ0n) is 23.6. The van der Waals surface area contributed by atoms with E-state index in [0.29, 0.717) is 7.25 Å². The van der Waals surface area contributed by atoms with Crippen LogP contribution < -0.4 is 0 Å². The van der Waals surface area contributed by atoms with Crippen molar-refractivity contribution in [1.29, 1.82) is 0 Å². The fourth-order valence-corrected chi connectivity index (χ4v) is 56.9. The van der Waals surface area contributed by atoms with Crippen molar-refractivity contribution in [2.75, 3.05) is 0 Å². The zero-order valence-corrected chi connectivity index (χ0v) is 27.2. The summed E-state index contributed by atoms with van der Waals surface area (Å²) in [7, 11) is 0. The summed E-state index contributed by atoms with van der Waals surface area (Å²) in [6, 6.07) is 27.8. The Kier molecular flexibility index (Phi) is 7.82. The molecule has 2 aliphatic rings. The first kappa shape index (κ1) is 26.8. The number of hydrogen-bond donors (Lipinski definition) is 0. The van der Waals surface area contributed by atoms with Gasteiger partial charge in [-0.05, 0) is 0 Å². The molecule has 0 nitrogen and oxygen atoms in total. The van der Waals surface area contributed by atoms with Gasteiger partial charge >= 0.3 is 229 Å². The molecule has 3 aromatic rings. The maximum absolute atomic E-state index is 3.63. The molecule has 0 saturated carbocycles. The fourth-order valence-electron chi connectivity index (χ4n) is 8.71. The first-order valence-corrected chi connectivity index (χ1v) is 28.2. The first-order valence-electron chi connectivity index (χ1n) is 14.8. The van der Waals surface area contributed by atoms with E-state index in [1.165, 1.54) is 56.2 Å². The van der Waals surface area contributed by atoms with E-state index in [-0.39, 0.29) is 0 Å². The Morgan fingerprint density at radius 3 is 2.08 bits per heavy atom. The van der Waals surface area contributed by atoms with Gasteiger partial charge in [0, 0.05) is 0 Å². The van der Waals surface area contributed by atoms with Crippen molar-refractivity contribution in [3.8, 4) is 11.1 Å². The van der Waals surface area contributed by atoms with E-state index in [0.717, 1.165) is 0 Å². The number of rotatable bonds is 10. The van der Waals surface area contributed by atoms with Crippen molar-refractivity contribution in [3.63, 3.8) is 0 Å². The van der Waals surface area contributed by atoms with Crippen molar-refractivity contribution < 1.29 is 17.9 Å². The molecule has 3 aromatic carbocycles. The quantitative estimate of drug-likeness (QED) is 0.208. The summed E-state index contributed by atoms with van der Waals surface area (Å²) in [4.78, 5) is 0. The average Bonchev–Trinajstić information content (AvgIpc) is 3.51. The molecule has 193 valence electrons. The van der Waals surface area contributed by atoms with Crippen molar-refractivity contribution >= 4 is 18.1 Å². The second kappa shape index (κ2) is 10.8. The second-order valence-corrected chi connectivity index (χ2v) is 47.0. The number of hydrogen-bond acceptors (Lipinski definition) is 0. The van der Waals surface area contributed by atoms with Crippen LogP contribution in [0.1, 0.15) is 76.0 Å². The fraction of sp³-hybridized carbons (Fsp3) is 0.371. The summed E-state index contributed by atoms with van der Waals surface area (Å²) < 4.78 is 4.40. The standard InChI is InChI=1S/C15H11.C10H9.2C4H9.C2H7Si.Zr/c1-2-6-12(7-3-1)14-10-4-8-13-9-5-11-15(13)14;1-8-6-9-4-2-3-5-10(9)7-8;2*1-3-4-2;1-3-2;/h1-11H;2-7H,1H3;2*1,3-4H2,2H3;3H,1-2H3;. The monoisotopic (exact) mass is 583 g/mol. The van der Waals surface area contributed by atoms with Gasteiger partial charge in [0.1, 0.15) is 0 Å². The normalized spacial score (nSPS) is 19.4. The molecular formula is C35H45SiZr. The van der Waals surface area contributed by atoms with Crippen molar-refractivity contribution in [2.24, 2.45) is 0 Å². The van der Waals surface area contributed by atoms with Crippen LogP contribution in [0.25, 0.3) is 23.3 Å². The molecule has 2 aliphatic carbocycles. The second-order valence-electron chi connectivity index (χ2n) is 12.3. The van der Waals surface area contributed by atoms with Gasteiger partial charge in [-0.25, -0.2) is 0 Å². The van der Waals surface area contributed by atoms with Gasteiger partial charge in [0.25, 0.3) is 0 Å². The van der Waals surface area contributed by atoms with Crippen LogP contribution in [-0.2, 0) is 17.9 Å². The van der Waals surface area contributed by atoms with Crippen LogP contribution >= 0.6 is 0 Å². The number of allylic oxidation sites excluding steroid dienone is 2. The minimum absolute atomic E-state index is 0.657. The molecule has 0 aromatic heterocycles. The molecule has 0 bridgehead atoms. The van der Waals surface area contributed by atoms with Gasteiger partial charge in [0.15, 0.2) is 0 Å². The summed E-state index contributed by atoms with van der Waals surface area (Å²) in [5.41, 5.74) is 10.8. The molecule has 0 spiro atoms. The Morgan fingerprint density at radius 1 is 0.757 bits per heavy atom. The van der Waals surface area contributed by atoms with Crippen LogP contribution in [0.5, 0.6) is 0 Å². The molecule has 2 atom stereocenters. The van der Waals surface area contributed by atoms with E-state index in [1.54, 1.807) is 16.7 Å². The van der Waals surface area contributed by atoms with Crippen LogP contribution in [-0.4, -0.2) is 5.92 Å². The Balaban J connectivity index is 1.80. The van der Waals surface area contributed by atoms with Crippen LogP contribution in [0.4, 0.5) is 0 Å². The summed E-state index contributed by atoms with van der Waals surface area (Å²) in [6.45, 7) is 12.9. The van der Waals surface area contributed by atoms with Gasteiger partial charge in [0.2, 0.25) is 0 Å². The molecule has 2 heteroatoms. The Labute approximate surface area is 227 Å². The molecule has 0 saturated heterocycles. The van der Waals surface area contributed by atoms with Gasteiger partial charge < -0.3 is 0 Å². The van der Waals surface area contributed by atoms with E-state index in [9.17, 15) is 0 Å². The molecule has 0 fully saturated rings. The van der Waals surface area contributed by atoms with Gasteiger partial charge in [0.05, 0.1) is 0 Å². The Morgan fingerprint density at radius 2 is 1.41 bits per heavy atom. The summed E-state index contributed by atoms with van der Waals surface area (Å²) in [5, 5.41) is 0. The molecule has 0 heterocycles. The summed E-state index contributed by atoms with van der Waals surface area (Å²) >= 11 is -3.63. The molecule has 0 N–H and O–H groups in total. The van der Waals surface area contributed by atoms with Gasteiger partial charge in [-0.2, -0.15) is 0 Å². The maximum atomic E-state index is 2.78. The van der Waals surface area contributed by atoms with E-state index in [2.05, 4.69) is 125 Å². The molecule has 2 unspecified atom stereocenters. The third kappa shape index (κ3) is 4.18. The van der Waals surface area contributed by atoms with Gasteiger partial charge in [-0.1, -0.05) is 0 Å². The van der Waals surface area contributed by atoms with Crippen LogP contribution in [0.3, 0.4) is 0 Å². The van der Waals surface area contributed by atoms with Crippen LogP contribution in [0.2, 0.25) is 21.4 Å². The molecule has 0 radical (unpaired) electrons. The number of unbranched alkanes of at least 4 members (excludes halogenated alkanes) is 2. The third-order valence-corrected chi connectivity index (χ3v) is 61.2. The molecule has 37 heavy (non-hydrogen) atoms. The third-order valence-electron chi connectivity index (χ3n) is 10.5. The van der Waals surface area contributed by atoms with Crippen LogP contribution in [0.15, 0.2) is 84.4 Å². The summed E-state index contributed by atoms with van der Waals surface area (Å²) in [6.07, 6.45) is 13.3. The van der Waals surface area contributed by atoms with E-state index >= 15 is 0 Å². The zero-order chi connectivity index (χ0) is 26.1. The average molecular weight is 585 g/mol. The molecule has 5 rings (SSSR count). The minimum atomic E-state index is -3.63. The number of benzene rings is 3. The van der Waals surface area contributed by atoms with E-state index in [4.69, 9.17) is 0 Å². The van der Waals surface area contributed by atoms with Crippen molar-refractivity contribution in [2.45, 2.75) is 75.1 Å². The predicted octanol–water partition coefficient (Wildman–Crippen LogP) is 10.7. The van der Waals surface area contributed by atoms with Crippen molar-refractivity contribution in [1.82, 2.24) is 0 Å². The number of fused-ring (bicyclic) bond motifs is 2. The summed E-state index contributed by atoms with van der Waals surface area (Å²) in [5.74, 6) is -1.05. The van der Waals surface area contributed by atoms with Gasteiger partial charge in [-0.3, -0.25) is 0 Å². The molecular weight excluding hydrogens is 540 g/mol. The molecule has 0 amide bonds. The van der Waals surface area contributed by atoms with Crippen molar-refractivity contribution in [3.05, 3.63) is 107 Å². The van der Waals surface area contributed by atoms with Gasteiger partial charge in [-0.15, -0.1) is 0 Å².